The maximum absolute atomic E-state index is 12.3. The summed E-state index contributed by atoms with van der Waals surface area (Å²) in [6, 6.07) is 5.48. The Morgan fingerprint density at radius 2 is 2.26 bits per heavy atom. The molecule has 0 saturated heterocycles. The van der Waals surface area contributed by atoms with Crippen molar-refractivity contribution in [3.8, 4) is 0 Å². The van der Waals surface area contributed by atoms with E-state index in [-0.39, 0.29) is 5.56 Å². The highest BCUT2D eigenvalue weighted by atomic mass is 79.9. The number of benzene rings is 1. The second-order valence-electron chi connectivity index (χ2n) is 4.22. The van der Waals surface area contributed by atoms with Crippen LogP contribution in [0.4, 0.5) is 0 Å². The van der Waals surface area contributed by atoms with Crippen molar-refractivity contribution < 1.29 is 0 Å². The Morgan fingerprint density at radius 1 is 1.42 bits per heavy atom. The van der Waals surface area contributed by atoms with Crippen LogP contribution in [0.5, 0.6) is 0 Å². The van der Waals surface area contributed by atoms with Gasteiger partial charge in [-0.1, -0.05) is 15.9 Å². The van der Waals surface area contributed by atoms with Crippen LogP contribution in [0.3, 0.4) is 0 Å². The third kappa shape index (κ3) is 2.46. The zero-order valence-corrected chi connectivity index (χ0v) is 12.5. The van der Waals surface area contributed by atoms with Gasteiger partial charge in [0.25, 0.3) is 5.56 Å². The van der Waals surface area contributed by atoms with Crippen molar-refractivity contribution in [3.05, 3.63) is 55.4 Å². The fraction of sp³-hybridized carbons (Fsp3) is 0.154. The minimum atomic E-state index is -0.0367. The Balaban J connectivity index is 2.08. The Hall–Kier alpha value is -1.53. The van der Waals surface area contributed by atoms with Crippen LogP contribution in [0.1, 0.15) is 10.7 Å². The molecule has 6 heteroatoms. The summed E-state index contributed by atoms with van der Waals surface area (Å²) in [5.74, 6) is 0. The van der Waals surface area contributed by atoms with Gasteiger partial charge in [-0.05, 0) is 25.1 Å². The Bertz CT molecular complexity index is 809. The van der Waals surface area contributed by atoms with E-state index >= 15 is 0 Å². The van der Waals surface area contributed by atoms with E-state index in [4.69, 9.17) is 0 Å². The Kier molecular flexibility index (Phi) is 3.20. The number of aromatic nitrogens is 3. The molecule has 0 fully saturated rings. The highest BCUT2D eigenvalue weighted by molar-refractivity contribution is 9.10. The molecule has 0 aliphatic rings. The van der Waals surface area contributed by atoms with Crippen molar-refractivity contribution >= 4 is 38.2 Å². The molecule has 0 bridgehead atoms. The first-order valence-electron chi connectivity index (χ1n) is 5.69. The molecule has 0 N–H and O–H groups in total. The van der Waals surface area contributed by atoms with Crippen LogP contribution in [-0.2, 0) is 6.54 Å². The zero-order valence-electron chi connectivity index (χ0n) is 10.1. The lowest BCUT2D eigenvalue weighted by Crippen LogP contribution is -2.21. The minimum absolute atomic E-state index is 0.0367. The van der Waals surface area contributed by atoms with E-state index in [1.54, 1.807) is 28.3 Å². The van der Waals surface area contributed by atoms with E-state index in [1.807, 2.05) is 24.4 Å². The smallest absolute Gasteiger partial charge is 0.261 e. The lowest BCUT2D eigenvalue weighted by Gasteiger charge is -2.04. The molecule has 0 amide bonds. The highest BCUT2D eigenvalue weighted by Gasteiger charge is 2.06. The average molecular weight is 336 g/mol. The van der Waals surface area contributed by atoms with Gasteiger partial charge in [-0.2, -0.15) is 0 Å². The van der Waals surface area contributed by atoms with E-state index < -0.39 is 0 Å². The minimum Gasteiger partial charge on any atom is -0.292 e. The van der Waals surface area contributed by atoms with Crippen LogP contribution in [0.2, 0.25) is 0 Å². The topological polar surface area (TPSA) is 47.8 Å². The monoisotopic (exact) mass is 335 g/mol. The molecule has 3 rings (SSSR count). The van der Waals surface area contributed by atoms with Crippen molar-refractivity contribution in [2.45, 2.75) is 13.5 Å². The molecule has 0 saturated carbocycles. The zero-order chi connectivity index (χ0) is 13.4. The summed E-state index contributed by atoms with van der Waals surface area (Å²) >= 11 is 4.93. The van der Waals surface area contributed by atoms with Crippen molar-refractivity contribution in [2.24, 2.45) is 0 Å². The number of thiazole rings is 1. The first-order chi connectivity index (χ1) is 9.13. The van der Waals surface area contributed by atoms with Gasteiger partial charge in [0.05, 0.1) is 23.8 Å². The quantitative estimate of drug-likeness (QED) is 0.723. The molecule has 2 aromatic heterocycles. The first-order valence-corrected chi connectivity index (χ1v) is 7.36. The fourth-order valence-electron chi connectivity index (χ4n) is 1.87. The molecule has 0 radical (unpaired) electrons. The van der Waals surface area contributed by atoms with Gasteiger partial charge in [0.15, 0.2) is 0 Å². The molecule has 0 aliphatic heterocycles. The summed E-state index contributed by atoms with van der Waals surface area (Å²) in [6.07, 6.45) is 1.58. The lowest BCUT2D eigenvalue weighted by molar-refractivity contribution is 0.741. The molecule has 19 heavy (non-hydrogen) atoms. The molecule has 0 aliphatic carbocycles. The van der Waals surface area contributed by atoms with Gasteiger partial charge >= 0.3 is 0 Å². The van der Waals surface area contributed by atoms with Crippen LogP contribution in [0.15, 0.2) is 39.2 Å². The molecule has 4 nitrogen and oxygen atoms in total. The maximum Gasteiger partial charge on any atom is 0.261 e. The number of rotatable bonds is 2. The van der Waals surface area contributed by atoms with Crippen LogP contribution >= 0.6 is 27.3 Å². The molecular weight excluding hydrogens is 326 g/mol. The Labute approximate surface area is 121 Å². The van der Waals surface area contributed by atoms with E-state index in [0.29, 0.717) is 17.4 Å². The predicted molar refractivity (Wildman–Crippen MR) is 79.7 cm³/mol. The van der Waals surface area contributed by atoms with E-state index in [1.165, 1.54) is 0 Å². The van der Waals surface area contributed by atoms with Gasteiger partial charge in [-0.25, -0.2) is 9.97 Å². The number of fused-ring (bicyclic) bond motifs is 1. The largest absolute Gasteiger partial charge is 0.292 e. The number of halogens is 1. The van der Waals surface area contributed by atoms with Crippen LogP contribution < -0.4 is 5.56 Å². The first kappa shape index (κ1) is 12.5. The van der Waals surface area contributed by atoms with Gasteiger partial charge < -0.3 is 0 Å². The van der Waals surface area contributed by atoms with E-state index in [2.05, 4.69) is 25.9 Å². The third-order valence-electron chi connectivity index (χ3n) is 2.76. The summed E-state index contributed by atoms with van der Waals surface area (Å²) in [6.45, 7) is 2.41. The molecule has 2 heterocycles. The summed E-state index contributed by atoms with van der Waals surface area (Å²) in [5, 5.41) is 3.52. The van der Waals surface area contributed by atoms with Crippen molar-refractivity contribution in [3.63, 3.8) is 0 Å². The summed E-state index contributed by atoms with van der Waals surface area (Å²) < 4.78 is 2.51. The van der Waals surface area contributed by atoms with Gasteiger partial charge in [0.2, 0.25) is 0 Å². The normalized spacial score (nSPS) is 11.1. The van der Waals surface area contributed by atoms with E-state index in [0.717, 1.165) is 15.2 Å². The van der Waals surface area contributed by atoms with Gasteiger partial charge in [0, 0.05) is 15.5 Å². The van der Waals surface area contributed by atoms with Gasteiger partial charge in [-0.15, -0.1) is 11.3 Å². The van der Waals surface area contributed by atoms with Gasteiger partial charge in [-0.3, -0.25) is 9.36 Å². The van der Waals surface area contributed by atoms with Crippen LogP contribution in [-0.4, -0.2) is 14.5 Å². The molecule has 3 aromatic rings. The second kappa shape index (κ2) is 4.86. The number of hydrogen-bond donors (Lipinski definition) is 0. The summed E-state index contributed by atoms with van der Waals surface area (Å²) in [5.41, 5.74) is 1.64. The Morgan fingerprint density at radius 3 is 3.00 bits per heavy atom. The average Bonchev–Trinajstić information content (AvgIpc) is 2.78. The van der Waals surface area contributed by atoms with Crippen molar-refractivity contribution in [2.75, 3.05) is 0 Å². The van der Waals surface area contributed by atoms with Gasteiger partial charge in [0.1, 0.15) is 5.01 Å². The van der Waals surface area contributed by atoms with Crippen molar-refractivity contribution in [1.29, 1.82) is 0 Å². The summed E-state index contributed by atoms with van der Waals surface area (Å²) in [7, 11) is 0. The number of hydrogen-bond acceptors (Lipinski definition) is 4. The van der Waals surface area contributed by atoms with Crippen molar-refractivity contribution in [1.82, 2.24) is 14.5 Å². The van der Waals surface area contributed by atoms with Crippen LogP contribution in [0, 0.1) is 6.92 Å². The molecule has 96 valence electrons. The lowest BCUT2D eigenvalue weighted by atomic mass is 10.2. The highest BCUT2D eigenvalue weighted by Crippen LogP contribution is 2.15. The molecule has 1 aromatic carbocycles. The number of aryl methyl sites for hydroxylation is 1. The standard InChI is InChI=1S/C13H10BrN3OS/c1-8-6-19-12(16-8)5-17-7-15-11-4-9(14)2-3-10(11)13(17)18/h2-4,6-7H,5H2,1H3. The number of nitrogens with zero attached hydrogens (tertiary/aromatic N) is 3. The summed E-state index contributed by atoms with van der Waals surface area (Å²) in [4.78, 5) is 21.0. The van der Waals surface area contributed by atoms with E-state index in [9.17, 15) is 4.79 Å². The molecule has 0 unspecified atom stereocenters. The molecule has 0 atom stereocenters. The SMILES string of the molecule is Cc1csc(Cn2cnc3cc(Br)ccc3c2=O)n1. The maximum atomic E-state index is 12.3. The van der Waals surface area contributed by atoms with Crippen LogP contribution in [0.25, 0.3) is 10.9 Å². The predicted octanol–water partition coefficient (Wildman–Crippen LogP) is 2.97. The molecular formula is C13H10BrN3OS. The fourth-order valence-corrected chi connectivity index (χ4v) is 2.98. The third-order valence-corrected chi connectivity index (χ3v) is 4.20. The molecule has 0 spiro atoms. The second-order valence-corrected chi connectivity index (χ2v) is 6.08.